The first-order valence-corrected chi connectivity index (χ1v) is 30.7. The van der Waals surface area contributed by atoms with Crippen molar-refractivity contribution in [2.45, 2.75) is 359 Å². The average Bonchev–Trinajstić information content (AvgIpc) is 3.34. The van der Waals surface area contributed by atoms with Crippen molar-refractivity contribution in [3.8, 4) is 0 Å². The van der Waals surface area contributed by atoms with Crippen LogP contribution in [0.15, 0.2) is 24.3 Å². The van der Waals surface area contributed by atoms with Gasteiger partial charge in [-0.15, -0.1) is 0 Å². The van der Waals surface area contributed by atoms with E-state index in [1.54, 1.807) is 0 Å². The van der Waals surface area contributed by atoms with Crippen LogP contribution in [0, 0.1) is 0 Å². The van der Waals surface area contributed by atoms with Crippen molar-refractivity contribution in [3.05, 3.63) is 24.3 Å². The first-order chi connectivity index (χ1) is 33.5. The minimum Gasteiger partial charge on any atom is -0.394 e. The molecule has 0 aromatic heterocycles. The highest BCUT2D eigenvalue weighted by Gasteiger charge is 2.28. The number of nitrogens with one attached hydrogen (secondary N) is 1. The molecule has 1 amide bonds. The maximum Gasteiger partial charge on any atom is 0.249 e. The second-order valence-corrected chi connectivity index (χ2v) is 21.4. The Hall–Kier alpha value is -1.21. The summed E-state index contributed by atoms with van der Waals surface area (Å²) >= 11 is 0. The molecule has 4 atom stereocenters. The molecule has 0 saturated heterocycles. The number of carbonyl (C=O) groups excluding carboxylic acids is 1. The second kappa shape index (κ2) is 56.7. The van der Waals surface area contributed by atoms with Gasteiger partial charge in [-0.25, -0.2) is 0 Å². The average molecular weight is 961 g/mol. The maximum atomic E-state index is 12.6. The summed E-state index contributed by atoms with van der Waals surface area (Å²) in [7, 11) is 0. The smallest absolute Gasteiger partial charge is 0.249 e. The van der Waals surface area contributed by atoms with E-state index in [-0.39, 0.29) is 0 Å². The summed E-state index contributed by atoms with van der Waals surface area (Å²) in [6.45, 7) is 4.09. The second-order valence-electron chi connectivity index (χ2n) is 21.4. The molecule has 0 spiro atoms. The van der Waals surface area contributed by atoms with E-state index in [0.717, 1.165) is 38.5 Å². The third-order valence-electron chi connectivity index (χ3n) is 14.6. The van der Waals surface area contributed by atoms with E-state index >= 15 is 0 Å². The van der Waals surface area contributed by atoms with Crippen LogP contribution >= 0.6 is 0 Å². The molecule has 0 aromatic rings. The Morgan fingerprint density at radius 1 is 0.353 bits per heavy atom. The van der Waals surface area contributed by atoms with E-state index < -0.39 is 36.9 Å². The Labute approximate surface area is 425 Å². The Morgan fingerprint density at radius 3 is 0.882 bits per heavy atom. The van der Waals surface area contributed by atoms with E-state index in [2.05, 4.69) is 43.5 Å². The van der Waals surface area contributed by atoms with Crippen molar-refractivity contribution in [1.29, 1.82) is 0 Å². The number of amides is 1. The predicted molar refractivity (Wildman–Crippen MR) is 298 cm³/mol. The first kappa shape index (κ1) is 66.8. The molecule has 0 aliphatic carbocycles. The van der Waals surface area contributed by atoms with Gasteiger partial charge in [-0.05, 0) is 64.2 Å². The summed E-state index contributed by atoms with van der Waals surface area (Å²) in [6.07, 6.45) is 69.8. The highest BCUT2D eigenvalue weighted by molar-refractivity contribution is 5.80. The van der Waals surface area contributed by atoms with Gasteiger partial charge in [0.05, 0.1) is 18.8 Å². The Morgan fingerprint density at radius 2 is 0.603 bits per heavy atom. The molecule has 0 radical (unpaired) electrons. The fourth-order valence-electron chi connectivity index (χ4n) is 9.82. The van der Waals surface area contributed by atoms with Crippen molar-refractivity contribution >= 4 is 5.91 Å². The fourth-order valence-corrected chi connectivity index (χ4v) is 9.82. The number of rotatable bonds is 57. The zero-order chi connectivity index (χ0) is 49.5. The summed E-state index contributed by atoms with van der Waals surface area (Å²) in [5.74, 6) is -0.591. The molecular formula is C62H121NO5. The van der Waals surface area contributed by atoms with Crippen LogP contribution in [0.25, 0.3) is 0 Å². The zero-order valence-electron chi connectivity index (χ0n) is 45.9. The molecule has 4 unspecified atom stereocenters. The van der Waals surface area contributed by atoms with Gasteiger partial charge in [-0.1, -0.05) is 295 Å². The van der Waals surface area contributed by atoms with Gasteiger partial charge >= 0.3 is 0 Å². The molecule has 0 aromatic carbocycles. The lowest BCUT2D eigenvalue weighted by atomic mass is 10.00. The van der Waals surface area contributed by atoms with Crippen LogP contribution in [0.4, 0.5) is 0 Å². The number of unbranched alkanes of at least 4 members (excludes halogenated alkanes) is 44. The molecule has 0 aliphatic heterocycles. The molecule has 0 rings (SSSR count). The topological polar surface area (TPSA) is 110 Å². The normalized spacial score (nSPS) is 13.8. The molecule has 0 fully saturated rings. The van der Waals surface area contributed by atoms with Crippen LogP contribution < -0.4 is 5.32 Å². The molecular weight excluding hydrogens is 839 g/mol. The highest BCUT2D eigenvalue weighted by atomic mass is 16.3. The number of hydrogen-bond donors (Lipinski definition) is 5. The molecule has 404 valence electrons. The van der Waals surface area contributed by atoms with Crippen molar-refractivity contribution in [2.24, 2.45) is 0 Å². The van der Waals surface area contributed by atoms with E-state index in [1.165, 1.54) is 270 Å². The van der Waals surface area contributed by atoms with Crippen molar-refractivity contribution in [1.82, 2.24) is 5.32 Å². The van der Waals surface area contributed by atoms with Crippen LogP contribution in [-0.2, 0) is 4.79 Å². The maximum absolute atomic E-state index is 12.6. The summed E-state index contributed by atoms with van der Waals surface area (Å²) in [4.78, 5) is 12.6. The van der Waals surface area contributed by atoms with Gasteiger partial charge < -0.3 is 25.7 Å². The number of allylic oxidation sites excluding steroid dienone is 4. The molecule has 6 nitrogen and oxygen atoms in total. The van der Waals surface area contributed by atoms with Crippen molar-refractivity contribution < 1.29 is 25.2 Å². The number of hydrogen-bond acceptors (Lipinski definition) is 5. The monoisotopic (exact) mass is 960 g/mol. The third-order valence-corrected chi connectivity index (χ3v) is 14.6. The highest BCUT2D eigenvalue weighted by Crippen LogP contribution is 2.18. The summed E-state index contributed by atoms with van der Waals surface area (Å²) in [6, 6.07) is -1.00. The van der Waals surface area contributed by atoms with Crippen molar-refractivity contribution in [3.63, 3.8) is 0 Å². The molecule has 0 aliphatic rings. The van der Waals surface area contributed by atoms with Crippen LogP contribution in [0.1, 0.15) is 335 Å². The van der Waals surface area contributed by atoms with E-state index in [0.29, 0.717) is 12.8 Å². The SMILES string of the molecule is CCCCCCCCCCCCCC/C=C\CCCCCCCCCCC(O)C(=O)NC(CO)C(O)C(O)CCC/C=C/CCCCCCCCCCCCCCCCCCCCCCCCC. The zero-order valence-corrected chi connectivity index (χ0v) is 45.9. The molecule has 5 N–H and O–H groups in total. The van der Waals surface area contributed by atoms with Gasteiger partial charge in [0.15, 0.2) is 0 Å². The fraction of sp³-hybridized carbons (Fsp3) is 0.919. The Kier molecular flexibility index (Phi) is 55.7. The molecule has 0 bridgehead atoms. The minimum atomic E-state index is -1.28. The van der Waals surface area contributed by atoms with E-state index in [4.69, 9.17) is 0 Å². The lowest BCUT2D eigenvalue weighted by Gasteiger charge is -2.27. The summed E-state index contributed by atoms with van der Waals surface area (Å²) < 4.78 is 0. The quantitative estimate of drug-likeness (QED) is 0.0308. The first-order valence-electron chi connectivity index (χ1n) is 30.7. The van der Waals surface area contributed by atoms with Crippen LogP contribution in [0.2, 0.25) is 0 Å². The van der Waals surface area contributed by atoms with Crippen molar-refractivity contribution in [2.75, 3.05) is 6.61 Å². The van der Waals surface area contributed by atoms with Gasteiger partial charge in [0.25, 0.3) is 0 Å². The van der Waals surface area contributed by atoms with E-state index in [9.17, 15) is 25.2 Å². The van der Waals surface area contributed by atoms with Gasteiger partial charge in [0, 0.05) is 0 Å². The number of aliphatic hydroxyl groups excluding tert-OH is 4. The van der Waals surface area contributed by atoms with E-state index in [1.807, 2.05) is 0 Å². The largest absolute Gasteiger partial charge is 0.394 e. The third kappa shape index (κ3) is 49.8. The molecule has 6 heteroatoms. The van der Waals surface area contributed by atoms with Crippen LogP contribution in [0.5, 0.6) is 0 Å². The van der Waals surface area contributed by atoms with Gasteiger partial charge in [0.2, 0.25) is 5.91 Å². The Bertz CT molecular complexity index is 1030. The summed E-state index contributed by atoms with van der Waals surface area (Å²) in [5, 5.41) is 44.1. The lowest BCUT2D eigenvalue weighted by molar-refractivity contribution is -0.132. The standard InChI is InChI=1S/C62H121NO5/c1-3-5-7-9-11-13-15-17-19-21-23-25-27-29-30-31-32-34-35-37-39-41-43-45-47-49-51-53-55-59(65)61(67)58(57-64)63-62(68)60(66)56-54-52-50-48-46-44-42-40-38-36-33-28-26-24-22-20-18-16-14-12-10-8-6-4-2/h33,36,47,49,58-61,64-67H,3-32,34-35,37-46,48,50-57H2,1-2H3,(H,63,68)/b36-33-,49-47+. The lowest BCUT2D eigenvalue weighted by Crippen LogP contribution is -2.53. The van der Waals surface area contributed by atoms with Gasteiger partial charge in [-0.3, -0.25) is 4.79 Å². The molecule has 0 heterocycles. The Balaban J connectivity index is 3.62. The van der Waals surface area contributed by atoms with Gasteiger partial charge in [-0.2, -0.15) is 0 Å². The molecule has 68 heavy (non-hydrogen) atoms. The van der Waals surface area contributed by atoms with Gasteiger partial charge in [0.1, 0.15) is 12.2 Å². The van der Waals surface area contributed by atoms with Crippen LogP contribution in [0.3, 0.4) is 0 Å². The summed E-state index contributed by atoms with van der Waals surface area (Å²) in [5.41, 5.74) is 0. The minimum absolute atomic E-state index is 0.361. The predicted octanol–water partition coefficient (Wildman–Crippen LogP) is 18.2. The van der Waals surface area contributed by atoms with Crippen LogP contribution in [-0.4, -0.2) is 57.3 Å². The molecule has 0 saturated carbocycles. The number of carbonyl (C=O) groups is 1. The number of aliphatic hydroxyl groups is 4.